The molecule has 0 bridgehead atoms. The lowest BCUT2D eigenvalue weighted by Gasteiger charge is -2.41. The van der Waals surface area contributed by atoms with Crippen LogP contribution in [0.2, 0.25) is 0 Å². The molecule has 1 saturated carbocycles. The molecule has 1 aliphatic carbocycles. The Morgan fingerprint density at radius 2 is 1.16 bits per heavy atom. The Kier molecular flexibility index (Phi) is 29.4. The quantitative estimate of drug-likeness (QED) is 0.0263. The number of amides is 8. The molecule has 0 saturated heterocycles. The molecule has 10 N–H and O–H groups in total. The first-order valence-corrected chi connectivity index (χ1v) is 28.5. The Morgan fingerprint density at radius 3 is 1.78 bits per heavy atom. The molecule has 76 heavy (non-hydrogen) atoms. The average Bonchev–Trinajstić information content (AvgIpc) is 3.40. The van der Waals surface area contributed by atoms with Gasteiger partial charge in [-0.2, -0.15) is 0 Å². The molecule has 3 atom stereocenters. The third-order valence-electron chi connectivity index (χ3n) is 13.8. The summed E-state index contributed by atoms with van der Waals surface area (Å²) in [6, 6.07) is 20.4. The normalized spacial score (nSPS) is 13.6. The zero-order valence-corrected chi connectivity index (χ0v) is 47.1. The fourth-order valence-corrected chi connectivity index (χ4v) is 10.1. The average molecular weight is 1180 g/mol. The smallest absolute Gasteiger partial charge is 0.317 e. The maximum Gasteiger partial charge on any atom is 0.317 e. The fraction of sp³-hybridized carbons (Fsp3) is 0.554. The van der Waals surface area contributed by atoms with Gasteiger partial charge in [-0.1, -0.05) is 125 Å². The van der Waals surface area contributed by atoms with Crippen LogP contribution in [0.5, 0.6) is 0 Å². The van der Waals surface area contributed by atoms with Crippen molar-refractivity contribution in [2.75, 3.05) is 52.4 Å². The molecule has 0 heterocycles. The van der Waals surface area contributed by atoms with E-state index in [1.54, 1.807) is 4.90 Å². The molecular weight excluding hydrogens is 1100 g/mol. The largest absolute Gasteiger partial charge is 0.481 e. The van der Waals surface area contributed by atoms with Gasteiger partial charge in [0.25, 0.3) is 0 Å². The Labute approximate surface area is 465 Å². The van der Waals surface area contributed by atoms with Crippen LogP contribution in [0, 0.1) is 5.92 Å². The SMILES string of the molecule is NCCCCC(CN(C(=O)NCCc1ccc(Br)cc1)C(CCC(=O)O)CN(CCC(N)=O)C(=O)NCCCc1ccc(Br)cc1)N(CC(CCC(=O)O)NC(=O)Cc1ccccc1)C(=O)NCCCC1CCCCC1. The third kappa shape index (κ3) is 25.4. The monoisotopic (exact) mass is 1180 g/mol. The van der Waals surface area contributed by atoms with Gasteiger partial charge in [-0.3, -0.25) is 19.2 Å². The molecule has 1 fully saturated rings. The number of urea groups is 3. The number of primary amides is 1. The molecule has 18 nitrogen and oxygen atoms in total. The summed E-state index contributed by atoms with van der Waals surface area (Å²) in [5.41, 5.74) is 14.4. The number of aliphatic carboxylic acids is 2. The lowest BCUT2D eigenvalue weighted by molar-refractivity contribution is -0.138. The van der Waals surface area contributed by atoms with Crippen molar-refractivity contribution < 1.29 is 43.8 Å². The second-order valence-corrected chi connectivity index (χ2v) is 21.6. The number of unbranched alkanes of at least 4 members (excludes halogenated alkanes) is 1. The Balaban J connectivity index is 1.75. The minimum Gasteiger partial charge on any atom is -0.481 e. The van der Waals surface area contributed by atoms with Crippen LogP contribution in [0.1, 0.15) is 119 Å². The highest BCUT2D eigenvalue weighted by Crippen LogP contribution is 2.27. The van der Waals surface area contributed by atoms with Gasteiger partial charge < -0.3 is 57.6 Å². The van der Waals surface area contributed by atoms with Crippen molar-refractivity contribution in [3.05, 3.63) is 104 Å². The van der Waals surface area contributed by atoms with E-state index >= 15 is 0 Å². The number of halogens is 2. The first-order chi connectivity index (χ1) is 36.6. The minimum atomic E-state index is -1.14. The van der Waals surface area contributed by atoms with Crippen LogP contribution in [0.4, 0.5) is 14.4 Å². The standard InChI is InChI=1S/C56H81Br2N9O9/c57-45-22-18-42(19-23-45)16-10-33-61-54(74)65(36-31-50(60)68)39-49(27-29-53(72)73)67(56(76)63-35-30-43-20-24-46(58)25-21-43)40-48(17-7-8-32-59)66(55(75)62-34-9-15-41-11-3-1-4-12-41)38-47(26-28-52(70)71)64-51(69)37-44-13-5-2-6-14-44/h2,5-6,13-14,18-25,41,47-49H,1,3-4,7-12,15-17,26-40,59H2,(H2,60,68)(H,61,74)(H,62,75)(H,63,76)(H,64,69)(H,70,71)(H,72,73). The molecule has 3 aromatic carbocycles. The van der Waals surface area contributed by atoms with Crippen LogP contribution >= 0.6 is 31.9 Å². The van der Waals surface area contributed by atoms with E-state index in [9.17, 15) is 43.8 Å². The Hall–Kier alpha value is -5.73. The number of nitrogens with zero attached hydrogens (tertiary/aromatic N) is 3. The van der Waals surface area contributed by atoms with E-state index in [1.807, 2.05) is 78.9 Å². The molecule has 1 aliphatic rings. The third-order valence-corrected chi connectivity index (χ3v) is 14.8. The molecule has 0 aromatic heterocycles. The van der Waals surface area contributed by atoms with E-state index in [-0.39, 0.29) is 83.7 Å². The van der Waals surface area contributed by atoms with Gasteiger partial charge in [0.2, 0.25) is 11.8 Å². The zero-order valence-electron chi connectivity index (χ0n) is 43.9. The summed E-state index contributed by atoms with van der Waals surface area (Å²) >= 11 is 6.92. The molecule has 418 valence electrons. The highest BCUT2D eigenvalue weighted by molar-refractivity contribution is 9.10. The van der Waals surface area contributed by atoms with Gasteiger partial charge >= 0.3 is 30.0 Å². The number of carbonyl (C=O) groups excluding carboxylic acids is 5. The van der Waals surface area contributed by atoms with Crippen LogP contribution in [0.15, 0.2) is 87.8 Å². The summed E-state index contributed by atoms with van der Waals surface area (Å²) in [5, 5.41) is 32.1. The van der Waals surface area contributed by atoms with Gasteiger partial charge in [0, 0.05) is 80.1 Å². The van der Waals surface area contributed by atoms with E-state index in [0.29, 0.717) is 57.5 Å². The molecule has 20 heteroatoms. The zero-order chi connectivity index (χ0) is 55.1. The number of benzene rings is 3. The van der Waals surface area contributed by atoms with Crippen LogP contribution in [-0.2, 0) is 38.4 Å². The topological polar surface area (TPSA) is 270 Å². The molecule has 0 aliphatic heterocycles. The van der Waals surface area contributed by atoms with Crippen LogP contribution < -0.4 is 32.7 Å². The summed E-state index contributed by atoms with van der Waals surface area (Å²) in [4.78, 5) is 99.0. The minimum absolute atomic E-state index is 0.00853. The second kappa shape index (κ2) is 35.6. The van der Waals surface area contributed by atoms with Crippen molar-refractivity contribution >= 4 is 73.7 Å². The number of aryl methyl sites for hydroxylation is 1. The molecular formula is C56H81Br2N9O9. The van der Waals surface area contributed by atoms with Crippen molar-refractivity contribution in [2.45, 2.75) is 140 Å². The summed E-state index contributed by atoms with van der Waals surface area (Å²) < 4.78 is 1.84. The van der Waals surface area contributed by atoms with E-state index in [1.165, 1.54) is 29.1 Å². The maximum atomic E-state index is 15.0. The van der Waals surface area contributed by atoms with Crippen LogP contribution in [0.3, 0.4) is 0 Å². The van der Waals surface area contributed by atoms with Crippen molar-refractivity contribution in [1.29, 1.82) is 0 Å². The predicted molar refractivity (Wildman–Crippen MR) is 301 cm³/mol. The number of rotatable bonds is 35. The van der Waals surface area contributed by atoms with Crippen LogP contribution in [0.25, 0.3) is 0 Å². The number of hydrogen-bond donors (Lipinski definition) is 8. The van der Waals surface area contributed by atoms with Crippen molar-refractivity contribution in [3.63, 3.8) is 0 Å². The molecule has 3 unspecified atom stereocenters. The summed E-state index contributed by atoms with van der Waals surface area (Å²) in [7, 11) is 0. The van der Waals surface area contributed by atoms with Gasteiger partial charge in [-0.05, 0) is 111 Å². The molecule has 4 rings (SSSR count). The van der Waals surface area contributed by atoms with Crippen molar-refractivity contribution in [2.24, 2.45) is 17.4 Å². The van der Waals surface area contributed by atoms with E-state index < -0.39 is 54.1 Å². The Morgan fingerprint density at radius 1 is 0.592 bits per heavy atom. The van der Waals surface area contributed by atoms with Crippen molar-refractivity contribution in [1.82, 2.24) is 36.0 Å². The number of nitrogens with one attached hydrogen (secondary N) is 4. The number of carbonyl (C=O) groups is 7. The summed E-state index contributed by atoms with van der Waals surface area (Å²) in [6.45, 7) is 0.556. The molecule has 3 aromatic rings. The number of carboxylic acids is 2. The van der Waals surface area contributed by atoms with Gasteiger partial charge in [-0.25, -0.2) is 14.4 Å². The second-order valence-electron chi connectivity index (χ2n) is 19.8. The number of carboxylic acid groups (broad SMARTS) is 2. The molecule has 8 amide bonds. The van der Waals surface area contributed by atoms with E-state index in [0.717, 1.165) is 51.3 Å². The highest BCUT2D eigenvalue weighted by atomic mass is 79.9. The van der Waals surface area contributed by atoms with Gasteiger partial charge in [-0.15, -0.1) is 0 Å². The summed E-state index contributed by atoms with van der Waals surface area (Å²) in [5.74, 6) is -2.67. The summed E-state index contributed by atoms with van der Waals surface area (Å²) in [6.07, 6.45) is 9.67. The van der Waals surface area contributed by atoms with E-state index in [2.05, 4.69) is 53.1 Å². The van der Waals surface area contributed by atoms with Gasteiger partial charge in [0.15, 0.2) is 0 Å². The Bertz CT molecular complexity index is 2240. The van der Waals surface area contributed by atoms with Crippen LogP contribution in [-0.4, -0.2) is 137 Å². The first kappa shape index (κ1) is 62.8. The molecule has 0 spiro atoms. The lowest BCUT2D eigenvalue weighted by atomic mass is 9.86. The van der Waals surface area contributed by atoms with E-state index in [4.69, 9.17) is 11.5 Å². The number of nitrogens with two attached hydrogens (primary N) is 2. The molecule has 0 radical (unpaired) electrons. The predicted octanol–water partition coefficient (Wildman–Crippen LogP) is 7.98. The van der Waals surface area contributed by atoms with Gasteiger partial charge in [0.1, 0.15) is 0 Å². The van der Waals surface area contributed by atoms with Crippen molar-refractivity contribution in [3.8, 4) is 0 Å². The first-order valence-electron chi connectivity index (χ1n) is 27.0. The number of hydrogen-bond acceptors (Lipinski definition) is 8. The van der Waals surface area contributed by atoms with Gasteiger partial charge in [0.05, 0.1) is 18.5 Å². The highest BCUT2D eigenvalue weighted by Gasteiger charge is 2.35. The maximum absolute atomic E-state index is 15.0. The lowest BCUT2D eigenvalue weighted by Crippen LogP contribution is -2.60. The fourth-order valence-electron chi connectivity index (χ4n) is 9.59.